The van der Waals surface area contributed by atoms with Gasteiger partial charge in [0.1, 0.15) is 5.69 Å². The minimum Gasteiger partial charge on any atom is -0.395 e. The van der Waals surface area contributed by atoms with Gasteiger partial charge in [-0.05, 0) is 12.1 Å². The van der Waals surface area contributed by atoms with Gasteiger partial charge in [-0.1, -0.05) is 0 Å². The fraction of sp³-hybridized carbons (Fsp3) is 0.500. The van der Waals surface area contributed by atoms with Crippen molar-refractivity contribution in [2.45, 2.75) is 0 Å². The van der Waals surface area contributed by atoms with E-state index in [9.17, 15) is 9.59 Å². The van der Waals surface area contributed by atoms with Crippen LogP contribution in [0.25, 0.3) is 0 Å². The van der Waals surface area contributed by atoms with E-state index in [1.165, 1.54) is 0 Å². The molecule has 0 unspecified atom stereocenters. The minimum absolute atomic E-state index is 0.0444. The van der Waals surface area contributed by atoms with Crippen LogP contribution >= 0.6 is 0 Å². The molecule has 1 aromatic heterocycles. The highest BCUT2D eigenvalue weighted by molar-refractivity contribution is 6.04. The number of aliphatic hydroxyl groups excluding tert-OH is 2. The number of hydrogen-bond acceptors (Lipinski definition) is 5. The lowest BCUT2D eigenvalue weighted by Gasteiger charge is -2.19. The Balaban J connectivity index is 2.50. The van der Waals surface area contributed by atoms with Crippen LogP contribution in [0.1, 0.15) is 10.5 Å². The van der Waals surface area contributed by atoms with Gasteiger partial charge in [0, 0.05) is 26.3 Å². The Morgan fingerprint density at radius 1 is 1.32 bits per heavy atom. The van der Waals surface area contributed by atoms with Crippen molar-refractivity contribution in [1.29, 1.82) is 0 Å². The maximum atomic E-state index is 11.8. The largest absolute Gasteiger partial charge is 0.395 e. The number of hydrogen-bond donors (Lipinski definition) is 3. The highest BCUT2D eigenvalue weighted by atomic mass is 16.3. The first kappa shape index (κ1) is 15.4. The first-order valence-corrected chi connectivity index (χ1v) is 5.98. The zero-order valence-electron chi connectivity index (χ0n) is 10.9. The predicted octanol–water partition coefficient (Wildman–Crippen LogP) is -1.43. The zero-order valence-corrected chi connectivity index (χ0v) is 10.9. The van der Waals surface area contributed by atoms with Crippen molar-refractivity contribution in [2.75, 3.05) is 32.8 Å². The van der Waals surface area contributed by atoms with Crippen LogP contribution in [0.4, 0.5) is 0 Å². The summed E-state index contributed by atoms with van der Waals surface area (Å²) in [5.74, 6) is -0.932. The molecule has 7 heteroatoms. The van der Waals surface area contributed by atoms with Crippen molar-refractivity contribution in [3.05, 3.63) is 24.0 Å². The van der Waals surface area contributed by atoms with Gasteiger partial charge < -0.3 is 14.8 Å². The second-order valence-electron chi connectivity index (χ2n) is 4.10. The summed E-state index contributed by atoms with van der Waals surface area (Å²) in [6, 6.07) is 3.32. The Bertz CT molecular complexity index is 424. The quantitative estimate of drug-likeness (QED) is 0.564. The fourth-order valence-electron chi connectivity index (χ4n) is 1.68. The second-order valence-corrected chi connectivity index (χ2v) is 4.10. The lowest BCUT2D eigenvalue weighted by molar-refractivity contribution is -0.121. The van der Waals surface area contributed by atoms with Gasteiger partial charge in [-0.25, -0.2) is 0 Å². The van der Waals surface area contributed by atoms with Crippen LogP contribution in [-0.2, 0) is 11.8 Å². The topological polar surface area (TPSA) is 94.8 Å². The molecule has 1 aromatic rings. The molecule has 0 atom stereocenters. The molecule has 19 heavy (non-hydrogen) atoms. The molecule has 0 spiro atoms. The molecular formula is C12H19N3O4. The number of carbonyl (C=O) groups excluding carboxylic acids is 2. The first-order valence-electron chi connectivity index (χ1n) is 5.98. The zero-order chi connectivity index (χ0) is 14.3. The molecule has 3 N–H and O–H groups in total. The summed E-state index contributed by atoms with van der Waals surface area (Å²) in [7, 11) is 1.71. The van der Waals surface area contributed by atoms with Gasteiger partial charge in [-0.3, -0.25) is 19.8 Å². The Labute approximate surface area is 111 Å². The Hall–Kier alpha value is -1.70. The maximum Gasteiger partial charge on any atom is 0.274 e. The second kappa shape index (κ2) is 7.67. The first-order chi connectivity index (χ1) is 9.08. The number of aryl methyl sites for hydroxylation is 1. The molecule has 2 amide bonds. The molecule has 0 aliphatic heterocycles. The molecule has 0 fully saturated rings. The third-order valence-corrected chi connectivity index (χ3v) is 2.63. The lowest BCUT2D eigenvalue weighted by Crippen LogP contribution is -2.42. The normalized spacial score (nSPS) is 10.7. The Kier molecular flexibility index (Phi) is 6.20. The number of nitrogens with zero attached hydrogens (tertiary/aromatic N) is 2. The molecule has 0 saturated carbocycles. The van der Waals surface area contributed by atoms with Crippen LogP contribution in [0.3, 0.4) is 0 Å². The van der Waals surface area contributed by atoms with Crippen LogP contribution in [0, 0.1) is 0 Å². The smallest absolute Gasteiger partial charge is 0.274 e. The van der Waals surface area contributed by atoms with Crippen LogP contribution in [0.15, 0.2) is 18.3 Å². The van der Waals surface area contributed by atoms with Crippen LogP contribution in [-0.4, -0.2) is 64.3 Å². The van der Waals surface area contributed by atoms with E-state index >= 15 is 0 Å². The van der Waals surface area contributed by atoms with E-state index in [1.807, 2.05) is 0 Å². The summed E-state index contributed by atoms with van der Waals surface area (Å²) in [6.45, 7) is 0.272. The van der Waals surface area contributed by atoms with E-state index in [0.717, 1.165) is 0 Å². The lowest BCUT2D eigenvalue weighted by atomic mass is 10.3. The van der Waals surface area contributed by atoms with Gasteiger partial charge in [0.25, 0.3) is 5.91 Å². The van der Waals surface area contributed by atoms with Crippen molar-refractivity contribution in [3.63, 3.8) is 0 Å². The number of amides is 2. The third kappa shape index (κ3) is 4.82. The Morgan fingerprint density at radius 2 is 1.95 bits per heavy atom. The predicted molar refractivity (Wildman–Crippen MR) is 68.5 cm³/mol. The van der Waals surface area contributed by atoms with Crippen molar-refractivity contribution in [2.24, 2.45) is 7.05 Å². The van der Waals surface area contributed by atoms with Crippen molar-refractivity contribution < 1.29 is 19.8 Å². The van der Waals surface area contributed by atoms with Gasteiger partial charge in [-0.15, -0.1) is 0 Å². The molecule has 0 aliphatic carbocycles. The van der Waals surface area contributed by atoms with Crippen LogP contribution in [0.5, 0.6) is 0 Å². The number of imide groups is 1. The molecule has 0 saturated heterocycles. The average molecular weight is 269 g/mol. The summed E-state index contributed by atoms with van der Waals surface area (Å²) in [5.41, 5.74) is 0.393. The van der Waals surface area contributed by atoms with E-state index in [1.54, 1.807) is 34.8 Å². The van der Waals surface area contributed by atoms with Crippen LogP contribution < -0.4 is 5.32 Å². The third-order valence-electron chi connectivity index (χ3n) is 2.63. The number of aromatic nitrogens is 1. The Morgan fingerprint density at radius 3 is 2.42 bits per heavy atom. The molecule has 106 valence electrons. The van der Waals surface area contributed by atoms with Gasteiger partial charge in [0.15, 0.2) is 0 Å². The summed E-state index contributed by atoms with van der Waals surface area (Å²) in [5, 5.41) is 19.9. The fourth-order valence-corrected chi connectivity index (χ4v) is 1.68. The number of carbonyl (C=O) groups is 2. The van der Waals surface area contributed by atoms with Crippen molar-refractivity contribution in [1.82, 2.24) is 14.8 Å². The van der Waals surface area contributed by atoms with E-state index in [0.29, 0.717) is 5.69 Å². The maximum absolute atomic E-state index is 11.8. The van der Waals surface area contributed by atoms with Crippen molar-refractivity contribution in [3.8, 4) is 0 Å². The van der Waals surface area contributed by atoms with Gasteiger partial charge >= 0.3 is 0 Å². The average Bonchev–Trinajstić information content (AvgIpc) is 2.76. The van der Waals surface area contributed by atoms with E-state index in [-0.39, 0.29) is 32.8 Å². The molecule has 1 heterocycles. The van der Waals surface area contributed by atoms with E-state index in [2.05, 4.69) is 5.32 Å². The number of rotatable bonds is 7. The molecule has 0 bridgehead atoms. The van der Waals surface area contributed by atoms with E-state index < -0.39 is 11.8 Å². The highest BCUT2D eigenvalue weighted by Gasteiger charge is 2.15. The summed E-state index contributed by atoms with van der Waals surface area (Å²) in [4.78, 5) is 25.0. The number of nitrogens with one attached hydrogen (secondary N) is 1. The SMILES string of the molecule is Cn1cccc1C(=O)NC(=O)CN(CCO)CCO. The minimum atomic E-state index is -0.467. The van der Waals surface area contributed by atoms with Crippen molar-refractivity contribution >= 4 is 11.8 Å². The summed E-state index contributed by atoms with van der Waals surface area (Å²) < 4.78 is 1.61. The molecule has 0 radical (unpaired) electrons. The molecule has 0 aromatic carbocycles. The molecule has 1 rings (SSSR count). The molecular weight excluding hydrogens is 250 g/mol. The highest BCUT2D eigenvalue weighted by Crippen LogP contribution is 1.99. The van der Waals surface area contributed by atoms with Crippen LogP contribution in [0.2, 0.25) is 0 Å². The monoisotopic (exact) mass is 269 g/mol. The molecule has 0 aliphatic rings. The summed E-state index contributed by atoms with van der Waals surface area (Å²) >= 11 is 0. The summed E-state index contributed by atoms with van der Waals surface area (Å²) in [6.07, 6.45) is 1.71. The molecule has 7 nitrogen and oxygen atoms in total. The standard InChI is InChI=1S/C12H19N3O4/c1-14-4-2-3-10(14)12(19)13-11(18)9-15(5-7-16)6-8-17/h2-4,16-17H,5-9H2,1H3,(H,13,18,19). The van der Waals surface area contributed by atoms with Gasteiger partial charge in [0.2, 0.25) is 5.91 Å². The van der Waals surface area contributed by atoms with Gasteiger partial charge in [0.05, 0.1) is 19.8 Å². The number of aliphatic hydroxyl groups is 2. The van der Waals surface area contributed by atoms with Gasteiger partial charge in [-0.2, -0.15) is 0 Å². The van der Waals surface area contributed by atoms with E-state index in [4.69, 9.17) is 10.2 Å².